The van der Waals surface area contributed by atoms with E-state index >= 15 is 0 Å². The van der Waals surface area contributed by atoms with Crippen LogP contribution in [0.5, 0.6) is 5.75 Å². The fraction of sp³-hybridized carbons (Fsp3) is 0.471. The highest BCUT2D eigenvalue weighted by atomic mass is 32.1. The normalized spacial score (nSPS) is 17.2. The van der Waals surface area contributed by atoms with Gasteiger partial charge < -0.3 is 4.74 Å². The van der Waals surface area contributed by atoms with Crippen molar-refractivity contribution in [3.05, 3.63) is 41.2 Å². The number of fused-ring (bicyclic) bond motifs is 1. The van der Waals surface area contributed by atoms with E-state index in [0.29, 0.717) is 0 Å². The molecule has 1 saturated heterocycles. The molecule has 7 heteroatoms. The molecule has 0 unspecified atom stereocenters. The van der Waals surface area contributed by atoms with Gasteiger partial charge in [-0.3, -0.25) is 4.90 Å². The molecule has 0 aliphatic carbocycles. The van der Waals surface area contributed by atoms with E-state index in [1.165, 1.54) is 19.3 Å². The van der Waals surface area contributed by atoms with Crippen LogP contribution in [0.2, 0.25) is 0 Å². The number of benzene rings is 1. The van der Waals surface area contributed by atoms with Gasteiger partial charge in [-0.05, 0) is 45.0 Å². The number of piperidine rings is 1. The van der Waals surface area contributed by atoms with Crippen molar-refractivity contribution in [3.8, 4) is 5.75 Å². The molecular weight excluding hydrogens is 322 g/mol. The summed E-state index contributed by atoms with van der Waals surface area (Å²) in [5.41, 5.74) is 0. The summed E-state index contributed by atoms with van der Waals surface area (Å²) in [4.78, 5) is 3.27. The lowest BCUT2D eigenvalue weighted by molar-refractivity contribution is 0.213. The van der Waals surface area contributed by atoms with Crippen LogP contribution in [0, 0.1) is 0 Å². The number of hydrogen-bond donors (Lipinski definition) is 0. The average Bonchev–Trinajstić information content (AvgIpc) is 3.19. The van der Waals surface area contributed by atoms with E-state index in [0.717, 1.165) is 41.2 Å². The van der Waals surface area contributed by atoms with Crippen LogP contribution in [-0.2, 0) is 6.54 Å². The van der Waals surface area contributed by atoms with E-state index < -0.39 is 0 Å². The summed E-state index contributed by atoms with van der Waals surface area (Å²) in [6, 6.07) is 9.83. The molecule has 2 aromatic heterocycles. The van der Waals surface area contributed by atoms with Crippen molar-refractivity contribution in [2.45, 2.75) is 38.8 Å². The molecule has 126 valence electrons. The van der Waals surface area contributed by atoms with E-state index in [1.54, 1.807) is 11.3 Å². The molecule has 4 rings (SSSR count). The second-order valence-corrected chi connectivity index (χ2v) is 7.15. The molecule has 3 aromatic rings. The lowest BCUT2D eigenvalue weighted by atomic mass is 10.1. The molecule has 0 spiro atoms. The number of hydrogen-bond acceptors (Lipinski definition) is 6. The maximum atomic E-state index is 5.97. The molecule has 0 saturated carbocycles. The minimum atomic E-state index is -0.109. The van der Waals surface area contributed by atoms with Crippen LogP contribution in [0.1, 0.15) is 43.1 Å². The topological polar surface area (TPSA) is 55.6 Å². The van der Waals surface area contributed by atoms with Crippen molar-refractivity contribution in [2.24, 2.45) is 0 Å². The largest absolute Gasteiger partial charge is 0.483 e. The van der Waals surface area contributed by atoms with Gasteiger partial charge in [0.15, 0.2) is 10.8 Å². The third kappa shape index (κ3) is 3.27. The van der Waals surface area contributed by atoms with E-state index in [4.69, 9.17) is 9.84 Å². The third-order valence-electron chi connectivity index (χ3n) is 4.29. The zero-order valence-corrected chi connectivity index (χ0v) is 14.6. The van der Waals surface area contributed by atoms with Gasteiger partial charge in [0, 0.05) is 0 Å². The molecular formula is C17H21N5OS. The summed E-state index contributed by atoms with van der Waals surface area (Å²) in [5.74, 6) is 1.77. The second-order valence-electron chi connectivity index (χ2n) is 6.16. The smallest absolute Gasteiger partial charge is 0.234 e. The van der Waals surface area contributed by atoms with Gasteiger partial charge in [-0.15, -0.1) is 10.2 Å². The molecule has 0 amide bonds. The number of ether oxygens (including phenoxy) is 1. The van der Waals surface area contributed by atoms with Gasteiger partial charge in [0.1, 0.15) is 11.9 Å². The number of nitrogens with zero attached hydrogens (tertiary/aromatic N) is 5. The van der Waals surface area contributed by atoms with E-state index in [1.807, 2.05) is 41.8 Å². The summed E-state index contributed by atoms with van der Waals surface area (Å²) < 4.78 is 7.84. The molecule has 1 aromatic carbocycles. The lowest BCUT2D eigenvalue weighted by Crippen LogP contribution is -2.30. The maximum Gasteiger partial charge on any atom is 0.234 e. The molecule has 0 N–H and O–H groups in total. The Morgan fingerprint density at radius 3 is 2.71 bits per heavy atom. The zero-order valence-electron chi connectivity index (χ0n) is 13.8. The van der Waals surface area contributed by atoms with Crippen molar-refractivity contribution >= 4 is 16.3 Å². The first kappa shape index (κ1) is 15.5. The Kier molecular flexibility index (Phi) is 4.44. The number of para-hydroxylation sites is 1. The molecule has 0 radical (unpaired) electrons. The Morgan fingerprint density at radius 1 is 1.12 bits per heavy atom. The summed E-state index contributed by atoms with van der Waals surface area (Å²) in [5, 5.41) is 14.2. The molecule has 24 heavy (non-hydrogen) atoms. The van der Waals surface area contributed by atoms with Crippen molar-refractivity contribution in [1.29, 1.82) is 0 Å². The lowest BCUT2D eigenvalue weighted by Gasteiger charge is -2.25. The summed E-state index contributed by atoms with van der Waals surface area (Å²) in [6.07, 6.45) is 3.77. The second kappa shape index (κ2) is 6.86. The zero-order chi connectivity index (χ0) is 16.4. The summed E-state index contributed by atoms with van der Waals surface area (Å²) in [7, 11) is 0. The van der Waals surface area contributed by atoms with Gasteiger partial charge >= 0.3 is 0 Å². The quantitative estimate of drug-likeness (QED) is 0.711. The molecule has 1 aliphatic heterocycles. The molecule has 0 bridgehead atoms. The Morgan fingerprint density at radius 2 is 1.92 bits per heavy atom. The highest BCUT2D eigenvalue weighted by Crippen LogP contribution is 2.25. The van der Waals surface area contributed by atoms with Gasteiger partial charge in [0.25, 0.3) is 0 Å². The first-order chi connectivity index (χ1) is 11.8. The highest BCUT2D eigenvalue weighted by molar-refractivity contribution is 7.16. The van der Waals surface area contributed by atoms with Crippen LogP contribution in [0.3, 0.4) is 0 Å². The first-order valence-corrected chi connectivity index (χ1v) is 9.26. The number of rotatable bonds is 5. The van der Waals surface area contributed by atoms with Gasteiger partial charge in [-0.1, -0.05) is 36.0 Å². The van der Waals surface area contributed by atoms with Gasteiger partial charge in [-0.25, -0.2) is 0 Å². The van der Waals surface area contributed by atoms with Crippen LogP contribution in [0.15, 0.2) is 30.3 Å². The minimum absolute atomic E-state index is 0.109. The SMILES string of the molecule is C[C@@H](Oc1ccccc1)c1nn2c(CN3CCCCC3)nnc2s1. The Bertz CT molecular complexity index is 794. The maximum absolute atomic E-state index is 5.97. The predicted octanol–water partition coefficient (Wildman–Crippen LogP) is 3.31. The standard InChI is InChI=1S/C17H21N5OS/c1-13(23-14-8-4-2-5-9-14)16-20-22-15(18-19-17(22)24-16)12-21-10-6-3-7-11-21/h2,4-5,8-9,13H,3,6-7,10-12H2,1H3/t13-/m1/s1. The predicted molar refractivity (Wildman–Crippen MR) is 93.3 cm³/mol. The van der Waals surface area contributed by atoms with Crippen LogP contribution in [0.25, 0.3) is 4.96 Å². The average molecular weight is 343 g/mol. The summed E-state index contributed by atoms with van der Waals surface area (Å²) >= 11 is 1.54. The van der Waals surface area contributed by atoms with Crippen molar-refractivity contribution in [3.63, 3.8) is 0 Å². The Balaban J connectivity index is 1.50. The van der Waals surface area contributed by atoms with Crippen LogP contribution in [-0.4, -0.2) is 37.8 Å². The number of aromatic nitrogens is 4. The van der Waals surface area contributed by atoms with Gasteiger partial charge in [0.2, 0.25) is 4.96 Å². The monoisotopic (exact) mass is 343 g/mol. The van der Waals surface area contributed by atoms with Crippen LogP contribution < -0.4 is 4.74 Å². The molecule has 1 fully saturated rings. The minimum Gasteiger partial charge on any atom is -0.483 e. The molecule has 1 atom stereocenters. The molecule has 1 aliphatic rings. The Labute approximate surface area is 145 Å². The highest BCUT2D eigenvalue weighted by Gasteiger charge is 2.19. The fourth-order valence-electron chi connectivity index (χ4n) is 3.01. The van der Waals surface area contributed by atoms with E-state index in [9.17, 15) is 0 Å². The van der Waals surface area contributed by atoms with Crippen LogP contribution in [0.4, 0.5) is 0 Å². The van der Waals surface area contributed by atoms with Gasteiger partial charge in [0.05, 0.1) is 6.54 Å². The van der Waals surface area contributed by atoms with Crippen molar-refractivity contribution in [2.75, 3.05) is 13.1 Å². The van der Waals surface area contributed by atoms with E-state index in [-0.39, 0.29) is 6.10 Å². The van der Waals surface area contributed by atoms with E-state index in [2.05, 4.69) is 15.1 Å². The third-order valence-corrected chi connectivity index (χ3v) is 5.35. The first-order valence-electron chi connectivity index (χ1n) is 8.45. The Hall–Kier alpha value is -1.99. The fourth-order valence-corrected chi connectivity index (χ4v) is 3.84. The number of likely N-dealkylation sites (tertiary alicyclic amines) is 1. The molecule has 3 heterocycles. The van der Waals surface area contributed by atoms with Crippen molar-refractivity contribution < 1.29 is 4.74 Å². The van der Waals surface area contributed by atoms with Crippen LogP contribution >= 0.6 is 11.3 Å². The van der Waals surface area contributed by atoms with Gasteiger partial charge in [-0.2, -0.15) is 9.61 Å². The summed E-state index contributed by atoms with van der Waals surface area (Å²) in [6.45, 7) is 5.11. The molecule has 6 nitrogen and oxygen atoms in total. The van der Waals surface area contributed by atoms with Crippen molar-refractivity contribution in [1.82, 2.24) is 24.7 Å².